The Hall–Kier alpha value is -1.85. The highest BCUT2D eigenvalue weighted by Gasteiger charge is 2.18. The van der Waals surface area contributed by atoms with E-state index < -0.39 is 6.04 Å². The van der Waals surface area contributed by atoms with Crippen LogP contribution in [0.1, 0.15) is 17.4 Å². The molecule has 0 saturated carbocycles. The molecule has 2 N–H and O–H groups in total. The van der Waals surface area contributed by atoms with Crippen LogP contribution in [0.15, 0.2) is 51.4 Å². The molecule has 3 nitrogen and oxygen atoms in total. The normalized spacial score (nSPS) is 12.6. The minimum absolute atomic E-state index is 0.301. The Bertz CT molecular complexity index is 800. The lowest BCUT2D eigenvalue weighted by atomic mass is 10.0. The molecule has 0 spiro atoms. The zero-order valence-electron chi connectivity index (χ0n) is 11.3. The van der Waals surface area contributed by atoms with E-state index >= 15 is 0 Å². The van der Waals surface area contributed by atoms with Gasteiger partial charge in [0.2, 0.25) is 0 Å². The van der Waals surface area contributed by atoms with Crippen molar-refractivity contribution in [2.45, 2.75) is 6.04 Å². The summed E-state index contributed by atoms with van der Waals surface area (Å²) in [7, 11) is 1.59. The second-order valence-electron chi connectivity index (χ2n) is 4.69. The van der Waals surface area contributed by atoms with E-state index in [1.165, 1.54) is 12.1 Å². The summed E-state index contributed by atoms with van der Waals surface area (Å²) >= 11 is 3.39. The molecule has 0 aliphatic carbocycles. The van der Waals surface area contributed by atoms with Gasteiger partial charge < -0.3 is 14.9 Å². The van der Waals surface area contributed by atoms with E-state index in [0.29, 0.717) is 22.5 Å². The second kappa shape index (κ2) is 5.50. The number of ether oxygens (including phenoxy) is 1. The molecule has 5 heteroatoms. The van der Waals surface area contributed by atoms with Crippen molar-refractivity contribution in [3.8, 4) is 5.75 Å². The summed E-state index contributed by atoms with van der Waals surface area (Å²) in [6.07, 6.45) is 0. The van der Waals surface area contributed by atoms with Crippen molar-refractivity contribution in [1.82, 2.24) is 0 Å². The van der Waals surface area contributed by atoms with Gasteiger partial charge in [0.1, 0.15) is 22.9 Å². The van der Waals surface area contributed by atoms with Crippen LogP contribution in [0.5, 0.6) is 5.75 Å². The molecule has 0 aliphatic rings. The lowest BCUT2D eigenvalue weighted by molar-refractivity contribution is 0.404. The summed E-state index contributed by atoms with van der Waals surface area (Å²) in [6.45, 7) is 0. The van der Waals surface area contributed by atoms with Gasteiger partial charge in [0.05, 0.1) is 13.2 Å². The maximum absolute atomic E-state index is 13.2. The van der Waals surface area contributed by atoms with Crippen LogP contribution in [0.2, 0.25) is 0 Å². The van der Waals surface area contributed by atoms with E-state index in [1.807, 2.05) is 18.2 Å². The number of methoxy groups -OCH3 is 1. The highest BCUT2D eigenvalue weighted by Crippen LogP contribution is 2.33. The van der Waals surface area contributed by atoms with Gasteiger partial charge in [-0.3, -0.25) is 0 Å². The van der Waals surface area contributed by atoms with Crippen molar-refractivity contribution in [1.29, 1.82) is 0 Å². The number of hydrogen-bond donors (Lipinski definition) is 1. The predicted molar refractivity (Wildman–Crippen MR) is 82.9 cm³/mol. The standard InChI is InChI=1S/C16H13BrFNO2/c1-20-14-8-10(17)2-4-12(14)16(19)15-7-9-6-11(18)3-5-13(9)21-15/h2-8,16H,19H2,1H3. The van der Waals surface area contributed by atoms with E-state index in [4.69, 9.17) is 14.9 Å². The molecule has 0 amide bonds. The molecule has 0 bridgehead atoms. The first-order chi connectivity index (χ1) is 10.1. The molecule has 0 aliphatic heterocycles. The molecule has 3 aromatic rings. The molecule has 1 aromatic heterocycles. The van der Waals surface area contributed by atoms with Crippen LogP contribution in [0.4, 0.5) is 4.39 Å². The van der Waals surface area contributed by atoms with Gasteiger partial charge in [0, 0.05) is 15.4 Å². The zero-order valence-corrected chi connectivity index (χ0v) is 12.9. The Labute approximate surface area is 129 Å². The fraction of sp³-hybridized carbons (Fsp3) is 0.125. The van der Waals surface area contributed by atoms with E-state index in [1.54, 1.807) is 19.2 Å². The molecule has 21 heavy (non-hydrogen) atoms. The van der Waals surface area contributed by atoms with Gasteiger partial charge in [-0.05, 0) is 36.4 Å². The molecule has 2 aromatic carbocycles. The third-order valence-electron chi connectivity index (χ3n) is 3.33. The van der Waals surface area contributed by atoms with Gasteiger partial charge in [0.15, 0.2) is 0 Å². The van der Waals surface area contributed by atoms with Crippen molar-refractivity contribution >= 4 is 26.9 Å². The smallest absolute Gasteiger partial charge is 0.134 e. The van der Waals surface area contributed by atoms with Gasteiger partial charge >= 0.3 is 0 Å². The van der Waals surface area contributed by atoms with Crippen LogP contribution < -0.4 is 10.5 Å². The van der Waals surface area contributed by atoms with Crippen molar-refractivity contribution in [2.75, 3.05) is 7.11 Å². The summed E-state index contributed by atoms with van der Waals surface area (Å²) in [5.41, 5.74) is 7.68. The lowest BCUT2D eigenvalue weighted by Crippen LogP contribution is -2.12. The van der Waals surface area contributed by atoms with Crippen LogP contribution in [0, 0.1) is 5.82 Å². The third kappa shape index (κ3) is 2.66. The highest BCUT2D eigenvalue weighted by atomic mass is 79.9. The molecule has 1 heterocycles. The van der Waals surface area contributed by atoms with Gasteiger partial charge in [-0.15, -0.1) is 0 Å². The van der Waals surface area contributed by atoms with E-state index in [2.05, 4.69) is 15.9 Å². The number of hydrogen-bond acceptors (Lipinski definition) is 3. The second-order valence-corrected chi connectivity index (χ2v) is 5.61. The molecule has 1 atom stereocenters. The lowest BCUT2D eigenvalue weighted by Gasteiger charge is -2.14. The Kier molecular flexibility index (Phi) is 3.69. The number of fused-ring (bicyclic) bond motifs is 1. The molecular formula is C16H13BrFNO2. The number of furan rings is 1. The topological polar surface area (TPSA) is 48.4 Å². The minimum Gasteiger partial charge on any atom is -0.496 e. The van der Waals surface area contributed by atoms with Gasteiger partial charge in [-0.2, -0.15) is 0 Å². The van der Waals surface area contributed by atoms with Crippen LogP contribution in [0.3, 0.4) is 0 Å². The molecular weight excluding hydrogens is 337 g/mol. The van der Waals surface area contributed by atoms with Crippen LogP contribution >= 0.6 is 15.9 Å². The Morgan fingerprint density at radius 3 is 2.76 bits per heavy atom. The Balaban J connectivity index is 2.05. The third-order valence-corrected chi connectivity index (χ3v) is 3.83. The van der Waals surface area contributed by atoms with Gasteiger partial charge in [-0.1, -0.05) is 22.0 Å². The minimum atomic E-state index is -0.483. The summed E-state index contributed by atoms with van der Waals surface area (Å²) in [4.78, 5) is 0. The maximum atomic E-state index is 13.2. The Morgan fingerprint density at radius 2 is 2.00 bits per heavy atom. The first-order valence-electron chi connectivity index (χ1n) is 6.36. The molecule has 0 saturated heterocycles. The number of halogens is 2. The van der Waals surface area contributed by atoms with Crippen LogP contribution in [0.25, 0.3) is 11.0 Å². The predicted octanol–water partition coefficient (Wildman–Crippen LogP) is 4.39. The first-order valence-corrected chi connectivity index (χ1v) is 7.16. The highest BCUT2D eigenvalue weighted by molar-refractivity contribution is 9.10. The summed E-state index contributed by atoms with van der Waals surface area (Å²) in [5.74, 6) is 0.935. The Morgan fingerprint density at radius 1 is 1.19 bits per heavy atom. The molecule has 3 rings (SSSR count). The molecule has 0 radical (unpaired) electrons. The number of rotatable bonds is 3. The quantitative estimate of drug-likeness (QED) is 0.762. The van der Waals surface area contributed by atoms with Crippen molar-refractivity contribution in [3.63, 3.8) is 0 Å². The summed E-state index contributed by atoms with van der Waals surface area (Å²) in [5, 5.41) is 0.691. The van der Waals surface area contributed by atoms with Gasteiger partial charge in [0.25, 0.3) is 0 Å². The SMILES string of the molecule is COc1cc(Br)ccc1C(N)c1cc2cc(F)ccc2o1. The van der Waals surface area contributed by atoms with Crippen molar-refractivity contribution < 1.29 is 13.5 Å². The fourth-order valence-corrected chi connectivity index (χ4v) is 2.62. The van der Waals surface area contributed by atoms with Crippen molar-refractivity contribution in [2.24, 2.45) is 5.73 Å². The first kappa shape index (κ1) is 14.1. The van der Waals surface area contributed by atoms with Gasteiger partial charge in [-0.25, -0.2) is 4.39 Å². The van der Waals surface area contributed by atoms with Crippen molar-refractivity contribution in [3.05, 3.63) is 64.1 Å². The fourth-order valence-electron chi connectivity index (χ4n) is 2.28. The average Bonchev–Trinajstić information content (AvgIpc) is 2.89. The zero-order chi connectivity index (χ0) is 15.0. The molecule has 108 valence electrons. The van der Waals surface area contributed by atoms with Crippen LogP contribution in [-0.4, -0.2) is 7.11 Å². The monoisotopic (exact) mass is 349 g/mol. The number of nitrogens with two attached hydrogens (primary N) is 1. The maximum Gasteiger partial charge on any atom is 0.134 e. The molecule has 0 fully saturated rings. The number of benzene rings is 2. The summed E-state index contributed by atoms with van der Waals surface area (Å²) < 4.78 is 25.2. The van der Waals surface area contributed by atoms with E-state index in [-0.39, 0.29) is 5.82 Å². The van der Waals surface area contributed by atoms with E-state index in [9.17, 15) is 4.39 Å². The average molecular weight is 350 g/mol. The largest absolute Gasteiger partial charge is 0.496 e. The van der Waals surface area contributed by atoms with E-state index in [0.717, 1.165) is 10.0 Å². The van der Waals surface area contributed by atoms with Crippen LogP contribution in [-0.2, 0) is 0 Å². The molecule has 1 unspecified atom stereocenters. The summed E-state index contributed by atoms with van der Waals surface area (Å²) in [6, 6.07) is 11.3.